The van der Waals surface area contributed by atoms with Gasteiger partial charge in [0.2, 0.25) is 0 Å². The van der Waals surface area contributed by atoms with Crippen molar-refractivity contribution in [2.75, 3.05) is 5.32 Å². The Hall–Kier alpha value is -1.56. The van der Waals surface area contributed by atoms with E-state index in [2.05, 4.69) is 21.2 Å². The van der Waals surface area contributed by atoms with Gasteiger partial charge in [0.1, 0.15) is 0 Å². The van der Waals surface area contributed by atoms with Crippen molar-refractivity contribution in [2.45, 2.75) is 39.7 Å². The van der Waals surface area contributed by atoms with E-state index in [0.29, 0.717) is 17.7 Å². The number of carbonyl (C=O) groups excluding carboxylic acids is 1. The fourth-order valence-corrected chi connectivity index (χ4v) is 2.55. The van der Waals surface area contributed by atoms with E-state index in [1.807, 2.05) is 20.8 Å². The SMILES string of the molecule is CC(C)(C)CC(CC(=O)O)Nc1ccc(Br)cc1C(N)=O. The Morgan fingerprint density at radius 2 is 2.00 bits per heavy atom. The van der Waals surface area contributed by atoms with Gasteiger partial charge >= 0.3 is 5.97 Å². The van der Waals surface area contributed by atoms with Gasteiger partial charge in [0.25, 0.3) is 5.91 Å². The normalized spacial score (nSPS) is 12.8. The molecule has 0 aliphatic rings. The maximum absolute atomic E-state index is 11.5. The Kier molecular flexibility index (Phi) is 5.78. The summed E-state index contributed by atoms with van der Waals surface area (Å²) in [7, 11) is 0. The molecule has 0 heterocycles. The van der Waals surface area contributed by atoms with E-state index in [4.69, 9.17) is 10.8 Å². The van der Waals surface area contributed by atoms with E-state index in [9.17, 15) is 9.59 Å². The second kappa shape index (κ2) is 6.93. The molecule has 0 bridgehead atoms. The topological polar surface area (TPSA) is 92.4 Å². The summed E-state index contributed by atoms with van der Waals surface area (Å²) in [4.78, 5) is 22.5. The average Bonchev–Trinajstić information content (AvgIpc) is 2.28. The minimum Gasteiger partial charge on any atom is -0.481 e. The highest BCUT2D eigenvalue weighted by Crippen LogP contribution is 2.27. The van der Waals surface area contributed by atoms with E-state index in [0.717, 1.165) is 4.47 Å². The maximum Gasteiger partial charge on any atom is 0.305 e. The molecule has 1 unspecified atom stereocenters. The number of primary amides is 1. The van der Waals surface area contributed by atoms with Crippen molar-refractivity contribution in [3.05, 3.63) is 28.2 Å². The van der Waals surface area contributed by atoms with E-state index < -0.39 is 11.9 Å². The first kappa shape index (κ1) is 17.5. The number of aliphatic carboxylic acids is 1. The molecule has 4 N–H and O–H groups in total. The first-order chi connectivity index (χ1) is 9.58. The van der Waals surface area contributed by atoms with Crippen LogP contribution in [0.15, 0.2) is 22.7 Å². The van der Waals surface area contributed by atoms with Gasteiger partial charge in [-0.05, 0) is 30.0 Å². The Labute approximate surface area is 133 Å². The summed E-state index contributed by atoms with van der Waals surface area (Å²) in [5.74, 6) is -1.43. The molecule has 6 heteroatoms. The fraction of sp³-hybridized carbons (Fsp3) is 0.467. The van der Waals surface area contributed by atoms with Crippen molar-refractivity contribution < 1.29 is 14.7 Å². The van der Waals surface area contributed by atoms with Gasteiger partial charge in [0, 0.05) is 16.2 Å². The van der Waals surface area contributed by atoms with E-state index in [1.54, 1.807) is 18.2 Å². The molecule has 1 rings (SSSR count). The number of benzene rings is 1. The highest BCUT2D eigenvalue weighted by atomic mass is 79.9. The fourth-order valence-electron chi connectivity index (χ4n) is 2.19. The zero-order valence-electron chi connectivity index (χ0n) is 12.4. The Morgan fingerprint density at radius 1 is 1.38 bits per heavy atom. The van der Waals surface area contributed by atoms with Gasteiger partial charge in [0.05, 0.1) is 12.0 Å². The predicted molar refractivity (Wildman–Crippen MR) is 86.4 cm³/mol. The molecular formula is C15H21BrN2O3. The molecule has 1 aromatic carbocycles. The summed E-state index contributed by atoms with van der Waals surface area (Å²) in [6.07, 6.45) is 0.638. The number of nitrogens with one attached hydrogen (secondary N) is 1. The number of carboxylic acid groups (broad SMARTS) is 1. The van der Waals surface area contributed by atoms with Crippen LogP contribution in [0.3, 0.4) is 0 Å². The third-order valence-corrected chi connectivity index (χ3v) is 3.38. The van der Waals surface area contributed by atoms with Crippen LogP contribution in [0.25, 0.3) is 0 Å². The van der Waals surface area contributed by atoms with Crippen LogP contribution in [0.5, 0.6) is 0 Å². The number of hydrogen-bond acceptors (Lipinski definition) is 3. The summed E-state index contributed by atoms with van der Waals surface area (Å²) in [6, 6.07) is 4.85. The largest absolute Gasteiger partial charge is 0.481 e. The van der Waals surface area contributed by atoms with Crippen molar-refractivity contribution in [3.63, 3.8) is 0 Å². The van der Waals surface area contributed by atoms with Gasteiger partial charge in [-0.1, -0.05) is 36.7 Å². The standard InChI is InChI=1S/C15H21BrN2O3/c1-15(2,3)8-10(7-13(19)20)18-12-5-4-9(16)6-11(12)14(17)21/h4-6,10,18H,7-8H2,1-3H3,(H2,17,21)(H,19,20). The molecule has 116 valence electrons. The molecule has 0 spiro atoms. The molecule has 1 atom stereocenters. The van der Waals surface area contributed by atoms with Gasteiger partial charge in [0.15, 0.2) is 0 Å². The average molecular weight is 357 g/mol. The number of rotatable bonds is 6. The predicted octanol–water partition coefficient (Wildman–Crippen LogP) is 3.24. The molecule has 0 fully saturated rings. The molecule has 0 saturated carbocycles. The van der Waals surface area contributed by atoms with Gasteiger partial charge in [-0.3, -0.25) is 9.59 Å². The maximum atomic E-state index is 11.5. The molecule has 5 nitrogen and oxygen atoms in total. The minimum absolute atomic E-state index is 0.0223. The van der Waals surface area contributed by atoms with Crippen LogP contribution >= 0.6 is 15.9 Å². The van der Waals surface area contributed by atoms with Crippen LogP contribution < -0.4 is 11.1 Å². The van der Waals surface area contributed by atoms with E-state index in [1.165, 1.54) is 0 Å². The van der Waals surface area contributed by atoms with Crippen LogP contribution in [0.1, 0.15) is 44.0 Å². The number of nitrogens with two attached hydrogens (primary N) is 1. The lowest BCUT2D eigenvalue weighted by Crippen LogP contribution is -2.29. The molecule has 0 radical (unpaired) electrons. The van der Waals surface area contributed by atoms with Crippen molar-refractivity contribution in [1.29, 1.82) is 0 Å². The molecule has 0 saturated heterocycles. The van der Waals surface area contributed by atoms with Crippen molar-refractivity contribution in [3.8, 4) is 0 Å². The number of carboxylic acids is 1. The third-order valence-electron chi connectivity index (χ3n) is 2.89. The van der Waals surface area contributed by atoms with Crippen LogP contribution in [-0.4, -0.2) is 23.0 Å². The number of amides is 1. The van der Waals surface area contributed by atoms with Gasteiger partial charge in [-0.25, -0.2) is 0 Å². The van der Waals surface area contributed by atoms with Crippen molar-refractivity contribution in [2.24, 2.45) is 11.1 Å². The van der Waals surface area contributed by atoms with Gasteiger partial charge in [-0.15, -0.1) is 0 Å². The number of halogens is 1. The summed E-state index contributed by atoms with van der Waals surface area (Å²) in [5.41, 5.74) is 6.24. The lowest BCUT2D eigenvalue weighted by molar-refractivity contribution is -0.137. The molecule has 0 aromatic heterocycles. The lowest BCUT2D eigenvalue weighted by Gasteiger charge is -2.27. The number of anilines is 1. The van der Waals surface area contributed by atoms with Crippen LogP contribution in [-0.2, 0) is 4.79 Å². The summed E-state index contributed by atoms with van der Waals surface area (Å²) in [5, 5.41) is 12.2. The first-order valence-electron chi connectivity index (χ1n) is 6.66. The quantitative estimate of drug-likeness (QED) is 0.729. The molecular weight excluding hydrogens is 336 g/mol. The zero-order valence-corrected chi connectivity index (χ0v) is 14.0. The Balaban J connectivity index is 3.02. The Bertz CT molecular complexity index is 538. The third kappa shape index (κ3) is 6.16. The van der Waals surface area contributed by atoms with Crippen molar-refractivity contribution >= 4 is 33.5 Å². The molecule has 0 aliphatic carbocycles. The number of carbonyl (C=O) groups is 2. The zero-order chi connectivity index (χ0) is 16.2. The molecule has 1 aromatic rings. The Morgan fingerprint density at radius 3 is 2.48 bits per heavy atom. The lowest BCUT2D eigenvalue weighted by atomic mass is 9.87. The highest BCUT2D eigenvalue weighted by molar-refractivity contribution is 9.10. The second-order valence-corrected chi connectivity index (χ2v) is 7.17. The van der Waals surface area contributed by atoms with Crippen LogP contribution in [0.2, 0.25) is 0 Å². The summed E-state index contributed by atoms with van der Waals surface area (Å²) < 4.78 is 0.743. The van der Waals surface area contributed by atoms with Gasteiger partial charge < -0.3 is 16.2 Å². The number of hydrogen-bond donors (Lipinski definition) is 3. The van der Waals surface area contributed by atoms with Crippen LogP contribution in [0.4, 0.5) is 5.69 Å². The second-order valence-electron chi connectivity index (χ2n) is 6.26. The summed E-state index contributed by atoms with van der Waals surface area (Å²) in [6.45, 7) is 6.13. The molecule has 21 heavy (non-hydrogen) atoms. The van der Waals surface area contributed by atoms with Gasteiger partial charge in [-0.2, -0.15) is 0 Å². The summed E-state index contributed by atoms with van der Waals surface area (Å²) >= 11 is 3.29. The smallest absolute Gasteiger partial charge is 0.305 e. The minimum atomic E-state index is -0.880. The highest BCUT2D eigenvalue weighted by Gasteiger charge is 2.22. The van der Waals surface area contributed by atoms with E-state index in [-0.39, 0.29) is 17.9 Å². The first-order valence-corrected chi connectivity index (χ1v) is 7.45. The van der Waals surface area contributed by atoms with Crippen molar-refractivity contribution in [1.82, 2.24) is 0 Å². The molecule has 0 aliphatic heterocycles. The van der Waals surface area contributed by atoms with E-state index >= 15 is 0 Å². The van der Waals surface area contributed by atoms with Crippen LogP contribution in [0, 0.1) is 5.41 Å². The molecule has 1 amide bonds. The monoisotopic (exact) mass is 356 g/mol.